The zero-order valence-corrected chi connectivity index (χ0v) is 7.23. The van der Waals surface area contributed by atoms with Gasteiger partial charge in [0.15, 0.2) is 0 Å². The molecule has 2 aromatic rings. The summed E-state index contributed by atoms with van der Waals surface area (Å²) in [5, 5.41) is 16.0. The lowest BCUT2D eigenvalue weighted by Crippen LogP contribution is -2.00. The Morgan fingerprint density at radius 2 is 2.29 bits per heavy atom. The van der Waals surface area contributed by atoms with Gasteiger partial charge in [-0.3, -0.25) is 0 Å². The van der Waals surface area contributed by atoms with Gasteiger partial charge in [-0.05, 0) is 6.07 Å². The summed E-state index contributed by atoms with van der Waals surface area (Å²) in [6, 6.07) is 2.28. The molecule has 0 saturated carbocycles. The van der Waals surface area contributed by atoms with Crippen molar-refractivity contribution in [2.45, 2.75) is 0 Å². The van der Waals surface area contributed by atoms with Gasteiger partial charge in [0.1, 0.15) is 11.3 Å². The summed E-state index contributed by atoms with van der Waals surface area (Å²) >= 11 is 0. The van der Waals surface area contributed by atoms with E-state index in [2.05, 4.69) is 10.3 Å². The first-order valence-electron chi connectivity index (χ1n) is 3.82. The number of hydrogen-bond donors (Lipinski definition) is 1. The Hall–Kier alpha value is -1.98. The van der Waals surface area contributed by atoms with E-state index in [1.165, 1.54) is 10.7 Å². The average Bonchev–Trinajstić information content (AvgIpc) is 2.46. The summed E-state index contributed by atoms with van der Waals surface area (Å²) in [7, 11) is 1.61. The monoisotopic (exact) mass is 195 g/mol. The molecule has 1 N–H and O–H groups in total. The highest BCUT2D eigenvalue weighted by molar-refractivity contribution is 5.92. The minimum Gasteiger partial charge on any atom is -0.478 e. The number of rotatable bonds is 1. The molecule has 0 aliphatic rings. The minimum atomic E-state index is -1.31. The van der Waals surface area contributed by atoms with Crippen molar-refractivity contribution in [3.05, 3.63) is 23.5 Å². The number of aromatic nitrogens is 3. The molecule has 0 aliphatic heterocycles. The SMILES string of the molecule is Cn1nnc2cc(C(=O)O)c(F)cc21. The number of hydrogen-bond acceptors (Lipinski definition) is 3. The Balaban J connectivity index is 2.79. The lowest BCUT2D eigenvalue weighted by atomic mass is 10.2. The zero-order valence-electron chi connectivity index (χ0n) is 7.23. The van der Waals surface area contributed by atoms with Crippen LogP contribution in [-0.4, -0.2) is 26.1 Å². The maximum atomic E-state index is 13.2. The summed E-state index contributed by atoms with van der Waals surface area (Å²) in [4.78, 5) is 10.6. The van der Waals surface area contributed by atoms with Crippen molar-refractivity contribution in [3.8, 4) is 0 Å². The van der Waals surface area contributed by atoms with Crippen molar-refractivity contribution in [2.75, 3.05) is 0 Å². The van der Waals surface area contributed by atoms with Gasteiger partial charge >= 0.3 is 5.97 Å². The normalized spacial score (nSPS) is 10.7. The molecule has 1 heterocycles. The average molecular weight is 195 g/mol. The summed E-state index contributed by atoms with van der Waals surface area (Å²) in [5.74, 6) is -2.09. The smallest absolute Gasteiger partial charge is 0.338 e. The van der Waals surface area contributed by atoms with Crippen LogP contribution in [0.4, 0.5) is 4.39 Å². The Morgan fingerprint density at radius 1 is 1.57 bits per heavy atom. The number of fused-ring (bicyclic) bond motifs is 1. The molecule has 0 saturated heterocycles. The van der Waals surface area contributed by atoms with Gasteiger partial charge in [-0.1, -0.05) is 5.21 Å². The lowest BCUT2D eigenvalue weighted by Gasteiger charge is -1.97. The van der Waals surface area contributed by atoms with E-state index < -0.39 is 17.3 Å². The highest BCUT2D eigenvalue weighted by Crippen LogP contribution is 2.16. The van der Waals surface area contributed by atoms with Crippen molar-refractivity contribution in [1.29, 1.82) is 0 Å². The molecular weight excluding hydrogens is 189 g/mol. The Labute approximate surface area is 77.8 Å². The van der Waals surface area contributed by atoms with Crippen LogP contribution in [0.1, 0.15) is 10.4 Å². The molecule has 14 heavy (non-hydrogen) atoms. The van der Waals surface area contributed by atoms with Crippen LogP contribution in [0.15, 0.2) is 12.1 Å². The van der Waals surface area contributed by atoms with E-state index in [0.717, 1.165) is 6.07 Å². The van der Waals surface area contributed by atoms with Crippen LogP contribution >= 0.6 is 0 Å². The molecule has 1 aromatic heterocycles. The quantitative estimate of drug-likeness (QED) is 0.730. The molecule has 0 radical (unpaired) electrons. The van der Waals surface area contributed by atoms with Gasteiger partial charge in [0.2, 0.25) is 0 Å². The second kappa shape index (κ2) is 2.76. The van der Waals surface area contributed by atoms with Crippen molar-refractivity contribution >= 4 is 17.0 Å². The van der Waals surface area contributed by atoms with Gasteiger partial charge < -0.3 is 5.11 Å². The van der Waals surface area contributed by atoms with Crippen molar-refractivity contribution in [1.82, 2.24) is 15.0 Å². The number of carboxylic acids is 1. The fourth-order valence-corrected chi connectivity index (χ4v) is 1.22. The Kier molecular flexibility index (Phi) is 1.70. The Morgan fingerprint density at radius 3 is 2.93 bits per heavy atom. The maximum absolute atomic E-state index is 13.2. The van der Waals surface area contributed by atoms with Crippen LogP contribution in [-0.2, 0) is 7.05 Å². The second-order valence-corrected chi connectivity index (χ2v) is 2.84. The predicted octanol–water partition coefficient (Wildman–Crippen LogP) is 0.806. The van der Waals surface area contributed by atoms with E-state index in [1.54, 1.807) is 7.05 Å². The first-order valence-corrected chi connectivity index (χ1v) is 3.82. The summed E-state index contributed by atoms with van der Waals surface area (Å²) in [6.07, 6.45) is 0. The fraction of sp³-hybridized carbons (Fsp3) is 0.125. The van der Waals surface area contributed by atoms with Crippen LogP contribution in [0.5, 0.6) is 0 Å². The molecule has 0 aliphatic carbocycles. The molecule has 0 fully saturated rings. The fourth-order valence-electron chi connectivity index (χ4n) is 1.22. The van der Waals surface area contributed by atoms with Crippen molar-refractivity contribution in [2.24, 2.45) is 7.05 Å². The summed E-state index contributed by atoms with van der Waals surface area (Å²) < 4.78 is 14.6. The first kappa shape index (κ1) is 8.61. The third kappa shape index (κ3) is 1.12. The van der Waals surface area contributed by atoms with E-state index in [0.29, 0.717) is 11.0 Å². The standard InChI is InChI=1S/C8H6FN3O2/c1-12-7-3-5(9)4(8(13)14)2-6(7)10-11-12/h2-3H,1H3,(H,13,14). The number of aromatic carboxylic acids is 1. The highest BCUT2D eigenvalue weighted by atomic mass is 19.1. The molecule has 0 amide bonds. The summed E-state index contributed by atoms with van der Waals surface area (Å²) in [6.45, 7) is 0. The van der Waals surface area contributed by atoms with Gasteiger partial charge in [0.25, 0.3) is 0 Å². The van der Waals surface area contributed by atoms with E-state index in [-0.39, 0.29) is 0 Å². The summed E-state index contributed by atoms with van der Waals surface area (Å²) in [5.41, 5.74) is 0.441. The number of halogens is 1. The number of benzene rings is 1. The van der Waals surface area contributed by atoms with Crippen LogP contribution in [0.25, 0.3) is 11.0 Å². The first-order chi connectivity index (χ1) is 6.59. The van der Waals surface area contributed by atoms with Crippen molar-refractivity contribution in [3.63, 3.8) is 0 Å². The lowest BCUT2D eigenvalue weighted by molar-refractivity contribution is 0.0692. The molecule has 2 rings (SSSR count). The van der Waals surface area contributed by atoms with E-state index in [1.807, 2.05) is 0 Å². The van der Waals surface area contributed by atoms with E-state index in [9.17, 15) is 9.18 Å². The Bertz CT molecular complexity index is 521. The number of carbonyl (C=O) groups is 1. The van der Waals surface area contributed by atoms with E-state index >= 15 is 0 Å². The molecule has 5 nitrogen and oxygen atoms in total. The molecule has 0 spiro atoms. The van der Waals surface area contributed by atoms with Crippen LogP contribution in [0.3, 0.4) is 0 Å². The van der Waals surface area contributed by atoms with Gasteiger partial charge in [-0.25, -0.2) is 13.9 Å². The van der Waals surface area contributed by atoms with Gasteiger partial charge in [-0.2, -0.15) is 0 Å². The second-order valence-electron chi connectivity index (χ2n) is 2.84. The van der Waals surface area contributed by atoms with Gasteiger partial charge in [0, 0.05) is 13.1 Å². The number of carboxylic acid groups (broad SMARTS) is 1. The number of aryl methyl sites for hydroxylation is 1. The molecule has 0 unspecified atom stereocenters. The maximum Gasteiger partial charge on any atom is 0.338 e. The minimum absolute atomic E-state index is 0.367. The zero-order chi connectivity index (χ0) is 10.3. The molecule has 0 bridgehead atoms. The van der Waals surface area contributed by atoms with Gasteiger partial charge in [-0.15, -0.1) is 5.10 Å². The highest BCUT2D eigenvalue weighted by Gasteiger charge is 2.13. The molecule has 72 valence electrons. The van der Waals surface area contributed by atoms with E-state index in [4.69, 9.17) is 5.11 Å². The van der Waals surface area contributed by atoms with Crippen LogP contribution < -0.4 is 0 Å². The molecular formula is C8H6FN3O2. The van der Waals surface area contributed by atoms with Crippen molar-refractivity contribution < 1.29 is 14.3 Å². The third-order valence-electron chi connectivity index (χ3n) is 1.93. The van der Waals surface area contributed by atoms with Crippen LogP contribution in [0.2, 0.25) is 0 Å². The van der Waals surface area contributed by atoms with Gasteiger partial charge in [0.05, 0.1) is 11.1 Å². The topological polar surface area (TPSA) is 68.0 Å². The van der Waals surface area contributed by atoms with Crippen LogP contribution in [0, 0.1) is 5.82 Å². The third-order valence-corrected chi connectivity index (χ3v) is 1.93. The predicted molar refractivity (Wildman–Crippen MR) is 45.4 cm³/mol. The molecule has 6 heteroatoms. The number of nitrogens with zero attached hydrogens (tertiary/aromatic N) is 3. The molecule has 0 atom stereocenters. The largest absolute Gasteiger partial charge is 0.478 e. The molecule has 1 aromatic carbocycles.